The number of esters is 1. The molecule has 0 unspecified atom stereocenters. The topological polar surface area (TPSA) is 106 Å². The van der Waals surface area contributed by atoms with Gasteiger partial charge in [-0.1, -0.05) is 36.4 Å². The SMILES string of the molecule is COc1ccccc1C(=O)Oc1cccc(/C=N/NC(=O)C(=O)Nc2ccccc2F)c1. The first-order chi connectivity index (χ1) is 15.5. The van der Waals surface area contributed by atoms with Gasteiger partial charge in [0.25, 0.3) is 0 Å². The van der Waals surface area contributed by atoms with Crippen molar-refractivity contribution in [1.82, 2.24) is 5.43 Å². The van der Waals surface area contributed by atoms with E-state index in [0.717, 1.165) is 6.07 Å². The van der Waals surface area contributed by atoms with Crippen LogP contribution >= 0.6 is 0 Å². The quantitative estimate of drug-likeness (QED) is 0.203. The van der Waals surface area contributed by atoms with Crippen molar-refractivity contribution in [2.24, 2.45) is 5.10 Å². The van der Waals surface area contributed by atoms with Gasteiger partial charge in [-0.3, -0.25) is 9.59 Å². The highest BCUT2D eigenvalue weighted by Gasteiger charge is 2.15. The lowest BCUT2D eigenvalue weighted by Gasteiger charge is -2.08. The zero-order chi connectivity index (χ0) is 22.9. The van der Waals surface area contributed by atoms with Crippen molar-refractivity contribution in [3.05, 3.63) is 89.7 Å². The highest BCUT2D eigenvalue weighted by molar-refractivity contribution is 6.39. The predicted octanol–water partition coefficient (Wildman–Crippen LogP) is 3.14. The Morgan fingerprint density at radius 1 is 0.938 bits per heavy atom. The molecule has 3 rings (SSSR count). The van der Waals surface area contributed by atoms with E-state index in [1.165, 1.54) is 37.6 Å². The number of para-hydroxylation sites is 2. The van der Waals surface area contributed by atoms with Crippen LogP contribution in [0.5, 0.6) is 11.5 Å². The van der Waals surface area contributed by atoms with E-state index in [0.29, 0.717) is 11.3 Å². The van der Waals surface area contributed by atoms with Crippen molar-refractivity contribution < 1.29 is 28.2 Å². The fourth-order valence-electron chi connectivity index (χ4n) is 2.59. The highest BCUT2D eigenvalue weighted by atomic mass is 19.1. The maximum Gasteiger partial charge on any atom is 0.347 e. The maximum absolute atomic E-state index is 13.5. The van der Waals surface area contributed by atoms with Gasteiger partial charge in [-0.15, -0.1) is 0 Å². The van der Waals surface area contributed by atoms with Gasteiger partial charge in [-0.25, -0.2) is 14.6 Å². The largest absolute Gasteiger partial charge is 0.496 e. The van der Waals surface area contributed by atoms with Crippen molar-refractivity contribution in [3.8, 4) is 11.5 Å². The molecule has 8 nitrogen and oxygen atoms in total. The number of methoxy groups -OCH3 is 1. The molecule has 0 saturated heterocycles. The second-order valence-corrected chi connectivity index (χ2v) is 6.30. The summed E-state index contributed by atoms with van der Waals surface area (Å²) >= 11 is 0. The Labute approximate surface area is 182 Å². The van der Waals surface area contributed by atoms with Crippen LogP contribution in [0.4, 0.5) is 10.1 Å². The third-order valence-corrected chi connectivity index (χ3v) is 4.10. The summed E-state index contributed by atoms with van der Waals surface area (Å²) < 4.78 is 24.1. The Balaban J connectivity index is 1.59. The van der Waals surface area contributed by atoms with E-state index in [2.05, 4.69) is 10.4 Å². The molecule has 2 amide bonds. The summed E-state index contributed by atoms with van der Waals surface area (Å²) in [5.41, 5.74) is 2.68. The lowest BCUT2D eigenvalue weighted by Crippen LogP contribution is -2.32. The Morgan fingerprint density at radius 3 is 2.47 bits per heavy atom. The standard InChI is InChI=1S/C23H18FN3O5/c1-31-20-12-5-2-9-17(20)23(30)32-16-8-6-7-15(13-16)14-25-27-22(29)21(28)26-19-11-4-3-10-18(19)24/h2-14H,1H3,(H,26,28)(H,27,29)/b25-14+. The van der Waals surface area contributed by atoms with E-state index < -0.39 is 23.6 Å². The number of halogens is 1. The van der Waals surface area contributed by atoms with Crippen molar-refractivity contribution in [1.29, 1.82) is 0 Å². The lowest BCUT2D eigenvalue weighted by atomic mass is 10.2. The first kappa shape index (κ1) is 22.2. The second kappa shape index (κ2) is 10.5. The molecule has 2 N–H and O–H groups in total. The van der Waals surface area contributed by atoms with Gasteiger partial charge in [0.2, 0.25) is 0 Å². The molecule has 0 atom stereocenters. The number of anilines is 1. The van der Waals surface area contributed by atoms with Crippen LogP contribution in [0.2, 0.25) is 0 Å². The van der Waals surface area contributed by atoms with E-state index in [-0.39, 0.29) is 17.0 Å². The molecule has 0 radical (unpaired) electrons. The fourth-order valence-corrected chi connectivity index (χ4v) is 2.59. The minimum Gasteiger partial charge on any atom is -0.496 e. The van der Waals surface area contributed by atoms with Crippen molar-refractivity contribution in [2.45, 2.75) is 0 Å². The van der Waals surface area contributed by atoms with Gasteiger partial charge in [0, 0.05) is 0 Å². The van der Waals surface area contributed by atoms with Crippen molar-refractivity contribution in [3.63, 3.8) is 0 Å². The van der Waals surface area contributed by atoms with E-state index in [9.17, 15) is 18.8 Å². The van der Waals surface area contributed by atoms with Crippen LogP contribution in [0.1, 0.15) is 15.9 Å². The number of amides is 2. The number of carbonyl (C=O) groups excluding carboxylic acids is 3. The number of rotatable bonds is 6. The molecule has 0 bridgehead atoms. The van der Waals surface area contributed by atoms with E-state index in [1.54, 1.807) is 42.5 Å². The van der Waals surface area contributed by atoms with E-state index in [1.807, 2.05) is 5.43 Å². The molecule has 0 spiro atoms. The minimum atomic E-state index is -1.08. The normalized spacial score (nSPS) is 10.4. The summed E-state index contributed by atoms with van der Waals surface area (Å²) in [6, 6.07) is 18.5. The average molecular weight is 435 g/mol. The number of benzene rings is 3. The van der Waals surface area contributed by atoms with Crippen molar-refractivity contribution >= 4 is 29.7 Å². The maximum atomic E-state index is 13.5. The monoisotopic (exact) mass is 435 g/mol. The lowest BCUT2D eigenvalue weighted by molar-refractivity contribution is -0.136. The number of hydrogen-bond donors (Lipinski definition) is 2. The molecule has 162 valence electrons. The van der Waals surface area contributed by atoms with Crippen LogP contribution in [0.25, 0.3) is 0 Å². The molecule has 0 aromatic heterocycles. The molecule has 0 aliphatic heterocycles. The zero-order valence-corrected chi connectivity index (χ0v) is 16.9. The zero-order valence-electron chi connectivity index (χ0n) is 16.9. The van der Waals surface area contributed by atoms with Gasteiger partial charge in [-0.05, 0) is 42.0 Å². The summed E-state index contributed by atoms with van der Waals surface area (Å²) in [5, 5.41) is 5.84. The van der Waals surface area contributed by atoms with E-state index in [4.69, 9.17) is 9.47 Å². The first-order valence-corrected chi connectivity index (χ1v) is 9.32. The Morgan fingerprint density at radius 2 is 1.69 bits per heavy atom. The molecule has 3 aromatic carbocycles. The van der Waals surface area contributed by atoms with E-state index >= 15 is 0 Å². The smallest absolute Gasteiger partial charge is 0.347 e. The molecular formula is C23H18FN3O5. The number of hydrogen-bond acceptors (Lipinski definition) is 6. The fraction of sp³-hybridized carbons (Fsp3) is 0.0435. The summed E-state index contributed by atoms with van der Waals surface area (Å²) in [6.07, 6.45) is 1.26. The van der Waals surface area contributed by atoms with Crippen LogP contribution in [-0.2, 0) is 9.59 Å². The molecule has 0 aliphatic rings. The molecule has 3 aromatic rings. The summed E-state index contributed by atoms with van der Waals surface area (Å²) in [5.74, 6) is -2.80. The molecule has 0 fully saturated rings. The van der Waals surface area contributed by atoms with Gasteiger partial charge < -0.3 is 14.8 Å². The van der Waals surface area contributed by atoms with Gasteiger partial charge in [0.1, 0.15) is 22.9 Å². The molecule has 0 saturated carbocycles. The van der Waals surface area contributed by atoms with Crippen LogP contribution in [0, 0.1) is 5.82 Å². The summed E-state index contributed by atoms with van der Waals surface area (Å²) in [7, 11) is 1.45. The summed E-state index contributed by atoms with van der Waals surface area (Å²) in [4.78, 5) is 36.1. The predicted molar refractivity (Wildman–Crippen MR) is 115 cm³/mol. The van der Waals surface area contributed by atoms with Crippen LogP contribution in [0.3, 0.4) is 0 Å². The number of nitrogens with one attached hydrogen (secondary N) is 2. The Kier molecular flexibility index (Phi) is 7.26. The number of hydrazone groups is 1. The van der Waals surface area contributed by atoms with Crippen LogP contribution < -0.4 is 20.2 Å². The second-order valence-electron chi connectivity index (χ2n) is 6.30. The van der Waals surface area contributed by atoms with Crippen LogP contribution in [-0.4, -0.2) is 31.1 Å². The molecular weight excluding hydrogens is 417 g/mol. The van der Waals surface area contributed by atoms with Gasteiger partial charge >= 0.3 is 17.8 Å². The summed E-state index contributed by atoms with van der Waals surface area (Å²) in [6.45, 7) is 0. The van der Waals surface area contributed by atoms with Gasteiger partial charge in [0.05, 0.1) is 19.0 Å². The third kappa shape index (κ3) is 5.76. The number of carbonyl (C=O) groups is 3. The van der Waals surface area contributed by atoms with Gasteiger partial charge in [0.15, 0.2) is 0 Å². The molecule has 0 aliphatic carbocycles. The highest BCUT2D eigenvalue weighted by Crippen LogP contribution is 2.20. The Bertz CT molecular complexity index is 1180. The third-order valence-electron chi connectivity index (χ3n) is 4.10. The molecule has 32 heavy (non-hydrogen) atoms. The first-order valence-electron chi connectivity index (χ1n) is 9.32. The number of ether oxygens (including phenoxy) is 2. The number of nitrogens with zero attached hydrogens (tertiary/aromatic N) is 1. The van der Waals surface area contributed by atoms with Gasteiger partial charge in [-0.2, -0.15) is 5.10 Å². The van der Waals surface area contributed by atoms with Crippen molar-refractivity contribution in [2.75, 3.05) is 12.4 Å². The average Bonchev–Trinajstić information content (AvgIpc) is 2.80. The minimum absolute atomic E-state index is 0.124. The van der Waals surface area contributed by atoms with Crippen LogP contribution in [0.15, 0.2) is 77.9 Å². The Hall–Kier alpha value is -4.53. The molecule has 9 heteroatoms. The molecule has 0 heterocycles.